The van der Waals surface area contributed by atoms with Crippen LogP contribution in [0.1, 0.15) is 29.5 Å². The summed E-state index contributed by atoms with van der Waals surface area (Å²) in [5.74, 6) is -2.37. The second-order valence-electron chi connectivity index (χ2n) is 17.7. The molecule has 8 aromatic rings. The Morgan fingerprint density at radius 1 is 0.624 bits per heavy atom. The summed E-state index contributed by atoms with van der Waals surface area (Å²) in [6.45, 7) is 2.62. The van der Waals surface area contributed by atoms with E-state index < -0.39 is 114 Å². The number of thioether (sulfide) groups is 1. The number of methoxy groups -OCH3 is 2. The van der Waals surface area contributed by atoms with Crippen molar-refractivity contribution in [3.63, 3.8) is 0 Å². The summed E-state index contributed by atoms with van der Waals surface area (Å²) in [5, 5.41) is 46.3. The van der Waals surface area contributed by atoms with E-state index >= 15 is 0 Å². The zero-order valence-electron chi connectivity index (χ0n) is 43.4. The molecule has 3 heterocycles. The number of nitrogens with zero attached hydrogens (tertiary/aromatic N) is 10. The average molecular weight is 1330 g/mol. The maximum absolute atomic E-state index is 12.6. The van der Waals surface area contributed by atoms with Crippen LogP contribution in [0.3, 0.4) is 0 Å². The molecular weight excluding hydrogens is 1290 g/mol. The van der Waals surface area contributed by atoms with E-state index in [1.165, 1.54) is 45.4 Å². The summed E-state index contributed by atoms with van der Waals surface area (Å²) in [5.41, 5.74) is -0.976. The predicted molar refractivity (Wildman–Crippen MR) is 302 cm³/mol. The molecule has 0 unspecified atom stereocenters. The molecule has 32 nitrogen and oxygen atoms in total. The number of nitriles is 1. The third-order valence-corrected chi connectivity index (χ3v) is 19.1. The summed E-state index contributed by atoms with van der Waals surface area (Å²) in [7, 11) is -27.0. The average Bonchev–Trinajstić information content (AvgIpc) is 1.94. The number of imidazole rings is 1. The molecule has 0 aliphatic rings. The van der Waals surface area contributed by atoms with Crippen LogP contribution in [-0.4, -0.2) is 135 Å². The van der Waals surface area contributed by atoms with Crippen molar-refractivity contribution in [1.82, 2.24) is 14.4 Å². The number of hydrogen-bond acceptors (Lipinski definition) is 27. The Labute approximate surface area is 489 Å². The van der Waals surface area contributed by atoms with Gasteiger partial charge in [-0.05, 0) is 74.4 Å². The molecule has 40 heteroatoms. The van der Waals surface area contributed by atoms with Crippen LogP contribution in [0.5, 0.6) is 23.1 Å². The largest absolute Gasteiger partial charge is 0.494 e. The number of thiazole rings is 1. The number of aromatic hydroxyl groups is 1. The monoisotopic (exact) mass is 1330 g/mol. The van der Waals surface area contributed by atoms with E-state index in [1.54, 1.807) is 6.92 Å². The van der Waals surface area contributed by atoms with Gasteiger partial charge in [0.2, 0.25) is 11.0 Å². The molecule has 5 aromatic carbocycles. The summed E-state index contributed by atoms with van der Waals surface area (Å²) in [6, 6.07) is 11.1. The quantitative estimate of drug-likeness (QED) is 0.0144. The number of hydrogen-bond donors (Lipinski definition) is 7. The number of aromatic nitrogens is 3. The lowest BCUT2D eigenvalue weighted by molar-refractivity contribution is 0.317. The first-order valence-corrected chi connectivity index (χ1v) is 34.0. The van der Waals surface area contributed by atoms with Crippen LogP contribution >= 0.6 is 23.1 Å². The number of rotatable bonds is 22. The van der Waals surface area contributed by atoms with Crippen molar-refractivity contribution in [3.05, 3.63) is 71.3 Å². The number of fused-ring (bicyclic) bond motifs is 6. The zero-order valence-corrected chi connectivity index (χ0v) is 50.0. The lowest BCUT2D eigenvalue weighted by Gasteiger charge is -2.12. The maximum atomic E-state index is 12.6. The molecule has 0 spiro atoms. The predicted octanol–water partition coefficient (Wildman–Crippen LogP) is 8.72. The fourth-order valence-electron chi connectivity index (χ4n) is 8.13. The van der Waals surface area contributed by atoms with Gasteiger partial charge in [0.15, 0.2) is 11.3 Å². The first-order valence-electron chi connectivity index (χ1n) is 23.3. The molecule has 0 saturated heterocycles. The van der Waals surface area contributed by atoms with E-state index in [2.05, 4.69) is 40.7 Å². The van der Waals surface area contributed by atoms with Crippen LogP contribution < -0.4 is 14.2 Å². The zero-order chi connectivity index (χ0) is 62.5. The van der Waals surface area contributed by atoms with Gasteiger partial charge in [-0.15, -0.1) is 37.3 Å². The van der Waals surface area contributed by atoms with Crippen molar-refractivity contribution in [2.45, 2.75) is 51.2 Å². The summed E-state index contributed by atoms with van der Waals surface area (Å²) in [4.78, 5) is 4.90. The highest BCUT2D eigenvalue weighted by Gasteiger charge is 2.29. The molecule has 0 aliphatic carbocycles. The van der Waals surface area contributed by atoms with Gasteiger partial charge in [0.05, 0.1) is 58.0 Å². The van der Waals surface area contributed by atoms with E-state index in [4.69, 9.17) is 14.2 Å². The smallest absolute Gasteiger partial charge is 0.296 e. The van der Waals surface area contributed by atoms with Crippen LogP contribution in [0, 0.1) is 25.2 Å². The molecule has 3 aromatic heterocycles. The van der Waals surface area contributed by atoms with Gasteiger partial charge in [0.1, 0.15) is 66.8 Å². The summed E-state index contributed by atoms with van der Waals surface area (Å²) in [6.07, 6.45) is -0.339. The second-order valence-corrected chi connectivity index (χ2v) is 28.6. The first kappa shape index (κ1) is 63.5. The number of azo groups is 3. The Morgan fingerprint density at radius 2 is 1.21 bits per heavy atom. The van der Waals surface area contributed by atoms with E-state index in [0.29, 0.717) is 29.0 Å². The van der Waals surface area contributed by atoms with E-state index in [-0.39, 0.29) is 114 Å². The molecule has 0 fully saturated rings. The van der Waals surface area contributed by atoms with Gasteiger partial charge in [0.25, 0.3) is 60.7 Å². The van der Waals surface area contributed by atoms with Gasteiger partial charge in [-0.1, -0.05) is 11.3 Å². The molecule has 0 radical (unpaired) electrons. The highest BCUT2D eigenvalue weighted by molar-refractivity contribution is 7.99. The van der Waals surface area contributed by atoms with Crippen molar-refractivity contribution in [2.75, 3.05) is 38.1 Å². The van der Waals surface area contributed by atoms with Crippen molar-refractivity contribution < 1.29 is 97.1 Å². The van der Waals surface area contributed by atoms with E-state index in [0.717, 1.165) is 34.4 Å². The van der Waals surface area contributed by atoms with Gasteiger partial charge in [0, 0.05) is 39.4 Å². The number of aryl methyl sites for hydroxylation is 1. The number of pyridine rings is 1. The second kappa shape index (κ2) is 23.8. The van der Waals surface area contributed by atoms with Gasteiger partial charge >= 0.3 is 0 Å². The van der Waals surface area contributed by atoms with Crippen molar-refractivity contribution in [1.29, 1.82) is 5.26 Å². The molecule has 0 aliphatic heterocycles. The van der Waals surface area contributed by atoms with Gasteiger partial charge in [-0.25, -0.2) is 9.97 Å². The number of ether oxygens (including phenoxy) is 3. The molecular formula is C45H40N10O22S8. The van der Waals surface area contributed by atoms with Crippen LogP contribution in [0.2, 0.25) is 0 Å². The maximum Gasteiger partial charge on any atom is 0.296 e. The molecule has 0 amide bonds. The summed E-state index contributed by atoms with van der Waals surface area (Å²) < 4.78 is 221. The Balaban J connectivity index is 1.22. The standard InChI is InChI=1S/C45H40N10O22S8/c1-21-11-29(50-53-39-22(2)27(20-46)43-47-32-13-24(83(66,67)68)14-35(76-4)41(32)55(43)44(39)56)34(77-7-5-9-80(57,58)59)17-28(21)49-52-31-18-33(75-3)30(19-36(31)78-8-6-10-81(60,61)62)51-54-45-48-40-38(85(72,73)74)16-25-26(42(40)79-45)12-23(82(63,64)65)15-37(25)84(69,70)71/h11-19,56H,5-10H2,1-4H3,(H,57,58,59)(H,60,61,62)(H,63,64,65)(H,66,67,68)(H,69,70,71)(H,72,73,74). The Morgan fingerprint density at radius 3 is 1.82 bits per heavy atom. The highest BCUT2D eigenvalue weighted by Crippen LogP contribution is 2.47. The van der Waals surface area contributed by atoms with Crippen molar-refractivity contribution in [2.24, 2.45) is 30.7 Å². The Kier molecular flexibility index (Phi) is 17.7. The van der Waals surface area contributed by atoms with Gasteiger partial charge in [-0.2, -0.15) is 60.9 Å². The topological polar surface area (TPSA) is 502 Å². The minimum absolute atomic E-state index is 0.0172. The fourth-order valence-corrected chi connectivity index (χ4v) is 13.8. The van der Waals surface area contributed by atoms with E-state index in [9.17, 15) is 88.2 Å². The third-order valence-electron chi connectivity index (χ3n) is 11.9. The lowest BCUT2D eigenvalue weighted by Crippen LogP contribution is -2.08. The number of benzene rings is 5. The summed E-state index contributed by atoms with van der Waals surface area (Å²) >= 11 is 1.50. The molecule has 0 atom stereocenters. The van der Waals surface area contributed by atoms with Crippen LogP contribution in [0.15, 0.2) is 110 Å². The highest BCUT2D eigenvalue weighted by atomic mass is 32.2. The van der Waals surface area contributed by atoms with Crippen LogP contribution in [0.25, 0.3) is 37.7 Å². The van der Waals surface area contributed by atoms with Crippen LogP contribution in [0.4, 0.5) is 33.6 Å². The minimum atomic E-state index is -5.33. The Bertz CT molecular complexity index is 4990. The first-order chi connectivity index (χ1) is 39.5. The van der Waals surface area contributed by atoms with Gasteiger partial charge < -0.3 is 19.3 Å². The molecule has 450 valence electrons. The minimum Gasteiger partial charge on any atom is -0.494 e. The molecule has 7 N–H and O–H groups in total. The van der Waals surface area contributed by atoms with Crippen molar-refractivity contribution >= 4 is 155 Å². The Hall–Kier alpha value is -7.50. The SMILES string of the molecule is COc1cc(N=Nc2cc(OCCCS(=O)(=O)O)c(N=Nc3c(C)c(C#N)c4nc5cc(S(=O)(=O)O)cc(OC)c5n4c3O)cc2C)c(SCCCS(=O)(=O)O)cc1N=Nc1nc2c(S(=O)(=O)O)cc3c(S(=O)(=O)O)cc(S(=O)(=O)O)cc3c2s1. The van der Waals surface area contributed by atoms with Crippen molar-refractivity contribution in [3.8, 4) is 29.2 Å². The van der Waals surface area contributed by atoms with Gasteiger partial charge in [-0.3, -0.25) is 31.7 Å². The normalized spacial score (nSPS) is 13.1. The fraction of sp³-hybridized carbons (Fsp3) is 0.222. The molecule has 8 rings (SSSR count). The molecule has 85 heavy (non-hydrogen) atoms. The molecule has 0 saturated carbocycles. The van der Waals surface area contributed by atoms with E-state index in [1.807, 2.05) is 6.07 Å². The third kappa shape index (κ3) is 14.1. The van der Waals surface area contributed by atoms with Crippen LogP contribution in [-0.2, 0) is 60.7 Å². The lowest BCUT2D eigenvalue weighted by atomic mass is 10.1. The molecule has 0 bridgehead atoms.